The molecule has 0 spiro atoms. The molecule has 0 aliphatic carbocycles. The molecule has 136 valence electrons. The van der Waals surface area contributed by atoms with Crippen molar-refractivity contribution in [3.05, 3.63) is 76.8 Å². The van der Waals surface area contributed by atoms with Gasteiger partial charge in [0.05, 0.1) is 28.9 Å². The first-order valence-electron chi connectivity index (χ1n) is 8.23. The van der Waals surface area contributed by atoms with Gasteiger partial charge in [0.1, 0.15) is 12.8 Å². The van der Waals surface area contributed by atoms with Crippen molar-refractivity contribution in [1.29, 1.82) is 0 Å². The summed E-state index contributed by atoms with van der Waals surface area (Å²) in [6.45, 7) is 0. The fourth-order valence-corrected chi connectivity index (χ4v) is 3.46. The first-order chi connectivity index (χ1) is 12.6. The molecule has 0 saturated carbocycles. The number of nitro groups is 1. The van der Waals surface area contributed by atoms with E-state index in [0.29, 0.717) is 0 Å². The second kappa shape index (κ2) is 7.21. The number of fused-ring (bicyclic) bond motifs is 3. The molecule has 0 fully saturated rings. The van der Waals surface area contributed by atoms with Gasteiger partial charge in [-0.1, -0.05) is 18.2 Å². The Labute approximate surface area is 162 Å². The van der Waals surface area contributed by atoms with E-state index in [1.807, 2.05) is 31.3 Å². The number of hydrogen-bond acceptors (Lipinski definition) is 3. The van der Waals surface area contributed by atoms with E-state index >= 15 is 0 Å². The molecule has 0 saturated heterocycles. The molecule has 0 aliphatic heterocycles. The van der Waals surface area contributed by atoms with E-state index in [9.17, 15) is 10.1 Å². The van der Waals surface area contributed by atoms with Crippen LogP contribution < -0.4 is 21.7 Å². The quantitative estimate of drug-likeness (QED) is 0.234. The van der Waals surface area contributed by atoms with Gasteiger partial charge in [-0.15, -0.1) is 0 Å². The predicted octanol–water partition coefficient (Wildman–Crippen LogP) is 1.41. The third-order valence-corrected chi connectivity index (χ3v) is 4.73. The fraction of sp³-hybridized carbons (Fsp3) is 0.0952. The van der Waals surface area contributed by atoms with Crippen LogP contribution in [0.15, 0.2) is 66.7 Å². The molecule has 0 bridgehead atoms. The van der Waals surface area contributed by atoms with Crippen molar-refractivity contribution in [2.24, 2.45) is 7.05 Å². The molecule has 0 unspecified atom stereocenters. The van der Waals surface area contributed by atoms with Gasteiger partial charge in [-0.2, -0.15) is 4.57 Å². The number of aryl methyl sites for hydroxylation is 1. The summed E-state index contributed by atoms with van der Waals surface area (Å²) in [7, 11) is 3.66. The van der Waals surface area contributed by atoms with E-state index in [1.54, 1.807) is 31.4 Å². The molecule has 27 heavy (non-hydrogen) atoms. The number of halogens is 1. The van der Waals surface area contributed by atoms with E-state index in [1.165, 1.54) is 0 Å². The summed E-state index contributed by atoms with van der Waals surface area (Å²) in [4.78, 5) is 10.6. The normalized spacial score (nSPS) is 10.6. The van der Waals surface area contributed by atoms with E-state index in [4.69, 9.17) is 4.74 Å². The van der Waals surface area contributed by atoms with Gasteiger partial charge in [0.25, 0.3) is 5.69 Å². The van der Waals surface area contributed by atoms with Gasteiger partial charge in [-0.25, -0.2) is 0 Å². The van der Waals surface area contributed by atoms with Gasteiger partial charge in [0.2, 0.25) is 11.2 Å². The molecule has 1 aromatic heterocycles. The van der Waals surface area contributed by atoms with E-state index < -0.39 is 0 Å². The summed E-state index contributed by atoms with van der Waals surface area (Å²) < 4.78 is 7.50. The number of benzene rings is 3. The number of methoxy groups -OCH3 is 1. The van der Waals surface area contributed by atoms with Gasteiger partial charge in [-0.3, -0.25) is 10.1 Å². The van der Waals surface area contributed by atoms with Crippen molar-refractivity contribution >= 4 is 27.4 Å². The Balaban J connectivity index is 0.00000210. The molecule has 0 radical (unpaired) electrons. The molecule has 0 aliphatic rings. The second-order valence-corrected chi connectivity index (χ2v) is 6.14. The number of aromatic nitrogens is 1. The number of nitrogens with zero attached hydrogens (tertiary/aromatic N) is 2. The molecule has 0 N–H and O–H groups in total. The maximum Gasteiger partial charge on any atom is 0.269 e. The lowest BCUT2D eigenvalue weighted by Gasteiger charge is -2.10. The SMILES string of the molecule is COc1ccc2c3ccccc3c(-c3ccc([N+](=O)[O-])cc3)[n+](C)c2c1.[Cl-]. The highest BCUT2D eigenvalue weighted by Crippen LogP contribution is 2.32. The molecule has 1 heterocycles. The molecular weight excluding hydrogens is 364 g/mol. The van der Waals surface area contributed by atoms with Crippen molar-refractivity contribution in [1.82, 2.24) is 0 Å². The lowest BCUT2D eigenvalue weighted by Crippen LogP contribution is -3.00. The Morgan fingerprint density at radius 3 is 2.22 bits per heavy atom. The first kappa shape index (κ1) is 18.6. The summed E-state index contributed by atoms with van der Waals surface area (Å²) in [6.07, 6.45) is 0. The maximum atomic E-state index is 11.0. The minimum atomic E-state index is -0.382. The molecule has 6 heteroatoms. The Morgan fingerprint density at radius 1 is 0.926 bits per heavy atom. The number of non-ortho nitro benzene ring substituents is 1. The van der Waals surface area contributed by atoms with Crippen LogP contribution in [0.3, 0.4) is 0 Å². The highest BCUT2D eigenvalue weighted by Gasteiger charge is 2.21. The average Bonchev–Trinajstić information content (AvgIpc) is 2.68. The summed E-state index contributed by atoms with van der Waals surface area (Å²) in [5.74, 6) is 0.790. The predicted molar refractivity (Wildman–Crippen MR) is 101 cm³/mol. The van der Waals surface area contributed by atoms with Crippen molar-refractivity contribution in [3.8, 4) is 17.0 Å². The first-order valence-corrected chi connectivity index (χ1v) is 8.23. The minimum absolute atomic E-state index is 0. The third kappa shape index (κ3) is 3.06. The van der Waals surface area contributed by atoms with Gasteiger partial charge < -0.3 is 17.1 Å². The van der Waals surface area contributed by atoms with Crippen molar-refractivity contribution in [2.45, 2.75) is 0 Å². The number of ether oxygens (including phenoxy) is 1. The zero-order valence-electron chi connectivity index (χ0n) is 14.8. The smallest absolute Gasteiger partial charge is 0.269 e. The second-order valence-electron chi connectivity index (χ2n) is 6.14. The van der Waals surface area contributed by atoms with Crippen LogP contribution in [0.1, 0.15) is 0 Å². The van der Waals surface area contributed by atoms with Crippen molar-refractivity contribution < 1.29 is 26.6 Å². The molecule has 0 amide bonds. The molecular formula is C21H17ClN2O3. The van der Waals surface area contributed by atoms with Crippen LogP contribution in [0.25, 0.3) is 32.9 Å². The van der Waals surface area contributed by atoms with Crippen molar-refractivity contribution in [3.63, 3.8) is 0 Å². The number of rotatable bonds is 3. The standard InChI is InChI=1S/C21H17N2O3.ClH/c1-22-20-13-16(26-2)11-12-18(20)17-5-3-4-6-19(17)21(22)14-7-9-15(10-8-14)23(24)25;/h3-13H,1-2H3;1H/q+1;/p-1. The monoisotopic (exact) mass is 380 g/mol. The third-order valence-electron chi connectivity index (χ3n) is 4.73. The van der Waals surface area contributed by atoms with Gasteiger partial charge in [-0.05, 0) is 30.3 Å². The topological polar surface area (TPSA) is 56.3 Å². The fourth-order valence-electron chi connectivity index (χ4n) is 3.46. The van der Waals surface area contributed by atoms with Crippen LogP contribution in [0.4, 0.5) is 5.69 Å². The highest BCUT2D eigenvalue weighted by atomic mass is 35.5. The van der Waals surface area contributed by atoms with Crippen LogP contribution >= 0.6 is 0 Å². The largest absolute Gasteiger partial charge is 1.00 e. The highest BCUT2D eigenvalue weighted by molar-refractivity contribution is 6.09. The van der Waals surface area contributed by atoms with Crippen LogP contribution in [-0.4, -0.2) is 12.0 Å². The minimum Gasteiger partial charge on any atom is -1.00 e. The summed E-state index contributed by atoms with van der Waals surface area (Å²) >= 11 is 0. The number of hydrogen-bond donors (Lipinski definition) is 0. The molecule has 3 aromatic carbocycles. The number of pyridine rings is 1. The molecule has 5 nitrogen and oxygen atoms in total. The van der Waals surface area contributed by atoms with Gasteiger partial charge >= 0.3 is 0 Å². The molecule has 4 aromatic rings. The Morgan fingerprint density at radius 2 is 1.59 bits per heavy atom. The van der Waals surface area contributed by atoms with Crippen LogP contribution in [-0.2, 0) is 7.05 Å². The zero-order valence-corrected chi connectivity index (χ0v) is 15.6. The van der Waals surface area contributed by atoms with E-state index in [2.05, 4.69) is 22.8 Å². The maximum absolute atomic E-state index is 11.0. The van der Waals surface area contributed by atoms with Crippen LogP contribution in [0.5, 0.6) is 5.75 Å². The lowest BCUT2D eigenvalue weighted by molar-refractivity contribution is -0.632. The summed E-state index contributed by atoms with van der Waals surface area (Å²) in [5.41, 5.74) is 3.06. The van der Waals surface area contributed by atoms with Gasteiger partial charge in [0, 0.05) is 23.1 Å². The lowest BCUT2D eigenvalue weighted by atomic mass is 9.99. The summed E-state index contributed by atoms with van der Waals surface area (Å²) in [5, 5.41) is 14.3. The molecule has 0 atom stereocenters. The zero-order chi connectivity index (χ0) is 18.3. The Kier molecular flexibility index (Phi) is 4.97. The number of nitro benzene ring substituents is 1. The van der Waals surface area contributed by atoms with Gasteiger partial charge in [0.15, 0.2) is 0 Å². The van der Waals surface area contributed by atoms with Crippen LogP contribution in [0.2, 0.25) is 0 Å². The average molecular weight is 381 g/mol. The summed E-state index contributed by atoms with van der Waals surface area (Å²) in [6, 6.07) is 20.9. The van der Waals surface area contributed by atoms with Crippen molar-refractivity contribution in [2.75, 3.05) is 7.11 Å². The van der Waals surface area contributed by atoms with E-state index in [-0.39, 0.29) is 23.0 Å². The van der Waals surface area contributed by atoms with Crippen LogP contribution in [0, 0.1) is 10.1 Å². The Hall–Kier alpha value is -3.18. The van der Waals surface area contributed by atoms with E-state index in [0.717, 1.165) is 38.7 Å². The molecule has 4 rings (SSSR count). The Bertz CT molecular complexity index is 1160.